The number of pyridine rings is 1. The molecule has 1 saturated carbocycles. The number of nitrogens with one attached hydrogen (secondary N) is 1. The van der Waals surface area contributed by atoms with Crippen LogP contribution in [0.3, 0.4) is 0 Å². The highest BCUT2D eigenvalue weighted by Crippen LogP contribution is 2.34. The van der Waals surface area contributed by atoms with Gasteiger partial charge in [-0.1, -0.05) is 57.6 Å². The highest BCUT2D eigenvalue weighted by Gasteiger charge is 2.32. The molecule has 0 unspecified atom stereocenters. The van der Waals surface area contributed by atoms with Crippen LogP contribution in [-0.2, 0) is 16.1 Å². The third-order valence-electron chi connectivity index (χ3n) is 6.25. The monoisotopic (exact) mass is 428 g/mol. The SMILES string of the molecule is CCCCC[C@H](O)C=C[C@@H]1CCC(=O)[C@@H]1CCCCCCC(=O)NCc1ccncc1. The summed E-state index contributed by atoms with van der Waals surface area (Å²) < 4.78 is 0. The highest BCUT2D eigenvalue weighted by molar-refractivity contribution is 5.83. The van der Waals surface area contributed by atoms with Crippen molar-refractivity contribution in [2.45, 2.75) is 96.6 Å². The van der Waals surface area contributed by atoms with Crippen molar-refractivity contribution < 1.29 is 14.7 Å². The first-order chi connectivity index (χ1) is 15.1. The topological polar surface area (TPSA) is 79.3 Å². The van der Waals surface area contributed by atoms with Crippen molar-refractivity contribution in [2.24, 2.45) is 11.8 Å². The number of carbonyl (C=O) groups is 2. The zero-order valence-corrected chi connectivity index (χ0v) is 19.1. The van der Waals surface area contributed by atoms with E-state index in [1.165, 1.54) is 0 Å². The quantitative estimate of drug-likeness (QED) is 0.300. The number of hydrogen-bond donors (Lipinski definition) is 2. The van der Waals surface area contributed by atoms with Crippen LogP contribution in [0.1, 0.15) is 89.5 Å². The number of ketones is 1. The number of amides is 1. The van der Waals surface area contributed by atoms with Gasteiger partial charge in [0.2, 0.25) is 5.91 Å². The lowest BCUT2D eigenvalue weighted by atomic mass is 9.89. The molecule has 2 rings (SSSR count). The first kappa shape index (κ1) is 25.3. The fourth-order valence-electron chi connectivity index (χ4n) is 4.30. The lowest BCUT2D eigenvalue weighted by Gasteiger charge is -2.15. The average molecular weight is 429 g/mol. The van der Waals surface area contributed by atoms with E-state index in [0.717, 1.165) is 69.8 Å². The van der Waals surface area contributed by atoms with Crippen LogP contribution in [0.5, 0.6) is 0 Å². The van der Waals surface area contributed by atoms with E-state index in [9.17, 15) is 14.7 Å². The number of allylic oxidation sites excluding steroid dienone is 1. The molecule has 3 atom stereocenters. The Morgan fingerprint density at radius 2 is 1.97 bits per heavy atom. The number of unbranched alkanes of at least 4 members (excludes halogenated alkanes) is 5. The summed E-state index contributed by atoms with van der Waals surface area (Å²) in [7, 11) is 0. The van der Waals surface area contributed by atoms with E-state index in [1.807, 2.05) is 18.2 Å². The molecule has 5 nitrogen and oxygen atoms in total. The van der Waals surface area contributed by atoms with E-state index in [4.69, 9.17) is 0 Å². The first-order valence-electron chi connectivity index (χ1n) is 12.1. The van der Waals surface area contributed by atoms with E-state index in [0.29, 0.717) is 25.2 Å². The summed E-state index contributed by atoms with van der Waals surface area (Å²) >= 11 is 0. The number of Topliss-reactive ketones (excluding diaryl/α,β-unsaturated/α-hetero) is 1. The number of aromatic nitrogens is 1. The van der Waals surface area contributed by atoms with Crippen LogP contribution in [0.2, 0.25) is 0 Å². The van der Waals surface area contributed by atoms with Crippen molar-refractivity contribution in [3.63, 3.8) is 0 Å². The molecule has 0 aromatic carbocycles. The average Bonchev–Trinajstić information content (AvgIpc) is 3.13. The molecular weight excluding hydrogens is 388 g/mol. The maximum atomic E-state index is 12.3. The zero-order valence-electron chi connectivity index (χ0n) is 19.1. The molecule has 0 aliphatic heterocycles. The molecule has 1 aliphatic rings. The Morgan fingerprint density at radius 1 is 1.19 bits per heavy atom. The normalized spacial score (nSPS) is 19.7. The number of aliphatic hydroxyl groups is 1. The van der Waals surface area contributed by atoms with Gasteiger partial charge in [-0.3, -0.25) is 14.6 Å². The maximum absolute atomic E-state index is 12.3. The Balaban J connectivity index is 1.57. The number of carbonyl (C=O) groups excluding carboxylic acids is 2. The fourth-order valence-corrected chi connectivity index (χ4v) is 4.30. The molecule has 31 heavy (non-hydrogen) atoms. The van der Waals surface area contributed by atoms with Gasteiger partial charge in [0.15, 0.2) is 0 Å². The predicted molar refractivity (Wildman–Crippen MR) is 124 cm³/mol. The summed E-state index contributed by atoms with van der Waals surface area (Å²) in [6.45, 7) is 2.71. The number of rotatable bonds is 15. The van der Waals surface area contributed by atoms with Gasteiger partial charge in [-0.25, -0.2) is 0 Å². The molecule has 1 amide bonds. The maximum Gasteiger partial charge on any atom is 0.220 e. The van der Waals surface area contributed by atoms with Gasteiger partial charge in [0.25, 0.3) is 0 Å². The van der Waals surface area contributed by atoms with Crippen LogP contribution < -0.4 is 5.32 Å². The molecule has 2 N–H and O–H groups in total. The second-order valence-corrected chi connectivity index (χ2v) is 8.81. The molecule has 5 heteroatoms. The molecule has 1 aromatic rings. The fraction of sp³-hybridized carbons (Fsp3) is 0.654. The second-order valence-electron chi connectivity index (χ2n) is 8.81. The third-order valence-corrected chi connectivity index (χ3v) is 6.25. The Morgan fingerprint density at radius 3 is 2.74 bits per heavy atom. The standard InChI is InChI=1S/C26H40N2O3/c1-2-3-6-9-23(29)14-12-22-13-15-25(30)24(22)10-7-4-5-8-11-26(31)28-20-21-16-18-27-19-17-21/h12,14,16-19,22-24,29H,2-11,13,15,20H2,1H3,(H,28,31)/t22-,23+,24-/m1/s1. The molecule has 1 aliphatic carbocycles. The summed E-state index contributed by atoms with van der Waals surface area (Å²) in [6, 6.07) is 3.81. The molecule has 0 radical (unpaired) electrons. The van der Waals surface area contributed by atoms with Crippen LogP contribution >= 0.6 is 0 Å². The van der Waals surface area contributed by atoms with Crippen LogP contribution in [0, 0.1) is 11.8 Å². The second kappa shape index (κ2) is 14.9. The molecule has 0 saturated heterocycles. The van der Waals surface area contributed by atoms with Crippen molar-refractivity contribution in [3.8, 4) is 0 Å². The number of hydrogen-bond acceptors (Lipinski definition) is 4. The van der Waals surface area contributed by atoms with E-state index in [2.05, 4.69) is 23.3 Å². The van der Waals surface area contributed by atoms with E-state index >= 15 is 0 Å². The molecule has 1 fully saturated rings. The lowest BCUT2D eigenvalue weighted by Crippen LogP contribution is -2.22. The molecule has 172 valence electrons. The van der Waals surface area contributed by atoms with E-state index < -0.39 is 0 Å². The Bertz CT molecular complexity index is 674. The van der Waals surface area contributed by atoms with Crippen molar-refractivity contribution in [1.82, 2.24) is 10.3 Å². The summed E-state index contributed by atoms with van der Waals surface area (Å²) in [5.74, 6) is 0.867. The van der Waals surface area contributed by atoms with E-state index in [-0.39, 0.29) is 23.8 Å². The number of nitrogens with zero attached hydrogens (tertiary/aromatic N) is 1. The predicted octanol–water partition coefficient (Wildman–Crippen LogP) is 5.13. The van der Waals surface area contributed by atoms with E-state index in [1.54, 1.807) is 12.4 Å². The Hall–Kier alpha value is -2.01. The van der Waals surface area contributed by atoms with Crippen LogP contribution in [0.4, 0.5) is 0 Å². The highest BCUT2D eigenvalue weighted by atomic mass is 16.3. The van der Waals surface area contributed by atoms with Crippen molar-refractivity contribution in [2.75, 3.05) is 0 Å². The van der Waals surface area contributed by atoms with Gasteiger partial charge in [0.05, 0.1) is 6.10 Å². The zero-order chi connectivity index (χ0) is 22.3. The van der Waals surface area contributed by atoms with Gasteiger partial charge in [0, 0.05) is 37.7 Å². The minimum atomic E-state index is -0.382. The Kier molecular flexibility index (Phi) is 12.1. The molecule has 1 aromatic heterocycles. The van der Waals surface area contributed by atoms with Gasteiger partial charge in [-0.05, 0) is 49.3 Å². The van der Waals surface area contributed by atoms with Gasteiger partial charge in [0.1, 0.15) is 5.78 Å². The minimum absolute atomic E-state index is 0.0884. The summed E-state index contributed by atoms with van der Waals surface area (Å²) in [5, 5.41) is 13.0. The van der Waals surface area contributed by atoms with Gasteiger partial charge >= 0.3 is 0 Å². The Labute approximate surface area is 187 Å². The summed E-state index contributed by atoms with van der Waals surface area (Å²) in [5.41, 5.74) is 1.06. The van der Waals surface area contributed by atoms with Gasteiger partial charge < -0.3 is 10.4 Å². The van der Waals surface area contributed by atoms with Crippen molar-refractivity contribution >= 4 is 11.7 Å². The van der Waals surface area contributed by atoms with Crippen molar-refractivity contribution in [1.29, 1.82) is 0 Å². The van der Waals surface area contributed by atoms with Crippen LogP contribution in [0.15, 0.2) is 36.7 Å². The van der Waals surface area contributed by atoms with Crippen LogP contribution in [-0.4, -0.2) is 27.9 Å². The smallest absolute Gasteiger partial charge is 0.220 e. The van der Waals surface area contributed by atoms with Crippen LogP contribution in [0.25, 0.3) is 0 Å². The minimum Gasteiger partial charge on any atom is -0.389 e. The number of aliphatic hydroxyl groups excluding tert-OH is 1. The molecule has 0 bridgehead atoms. The largest absolute Gasteiger partial charge is 0.389 e. The van der Waals surface area contributed by atoms with Gasteiger partial charge in [-0.15, -0.1) is 0 Å². The van der Waals surface area contributed by atoms with Crippen molar-refractivity contribution in [3.05, 3.63) is 42.2 Å². The molecule has 0 spiro atoms. The summed E-state index contributed by atoms with van der Waals surface area (Å²) in [4.78, 5) is 28.2. The third kappa shape index (κ3) is 10.2. The first-order valence-corrected chi connectivity index (χ1v) is 12.1. The molecular formula is C26H40N2O3. The lowest BCUT2D eigenvalue weighted by molar-refractivity contribution is -0.122. The summed E-state index contributed by atoms with van der Waals surface area (Å²) in [6.07, 6.45) is 18.3. The van der Waals surface area contributed by atoms with Gasteiger partial charge in [-0.2, -0.15) is 0 Å². The molecule has 1 heterocycles.